The minimum atomic E-state index is -2.84. The van der Waals surface area contributed by atoms with Crippen molar-refractivity contribution in [2.45, 2.75) is 32.2 Å². The molecular formula is C15H13ClF3N3. The SMILES string of the molecule is Fc1c(CNc2nc(Cl)nc3c2CCC3)cccc1C(F)F. The second-order valence-electron chi connectivity index (χ2n) is 5.09. The van der Waals surface area contributed by atoms with Gasteiger partial charge in [-0.05, 0) is 30.9 Å². The molecule has 3 nitrogen and oxygen atoms in total. The van der Waals surface area contributed by atoms with Crippen molar-refractivity contribution < 1.29 is 13.2 Å². The normalized spacial score (nSPS) is 13.5. The molecule has 0 unspecified atom stereocenters. The lowest BCUT2D eigenvalue weighted by Gasteiger charge is -2.12. The van der Waals surface area contributed by atoms with Crippen LogP contribution in [0.15, 0.2) is 18.2 Å². The van der Waals surface area contributed by atoms with Crippen LogP contribution in [0, 0.1) is 5.82 Å². The minimum absolute atomic E-state index is 0.0617. The third-order valence-corrected chi connectivity index (χ3v) is 3.86. The zero-order valence-corrected chi connectivity index (χ0v) is 12.3. The van der Waals surface area contributed by atoms with Crippen LogP contribution in [0.2, 0.25) is 5.28 Å². The number of nitrogens with zero attached hydrogens (tertiary/aromatic N) is 2. The van der Waals surface area contributed by atoms with Gasteiger partial charge in [-0.1, -0.05) is 18.2 Å². The van der Waals surface area contributed by atoms with Crippen LogP contribution in [0.25, 0.3) is 0 Å². The molecule has 1 aromatic heterocycles. The maximum absolute atomic E-state index is 14.0. The van der Waals surface area contributed by atoms with Gasteiger partial charge in [0.2, 0.25) is 5.28 Å². The number of fused-ring (bicyclic) bond motifs is 1. The van der Waals surface area contributed by atoms with Gasteiger partial charge in [0.1, 0.15) is 11.6 Å². The molecule has 22 heavy (non-hydrogen) atoms. The number of aromatic nitrogens is 2. The van der Waals surface area contributed by atoms with E-state index in [1.807, 2.05) is 0 Å². The van der Waals surface area contributed by atoms with Gasteiger partial charge in [-0.15, -0.1) is 0 Å². The largest absolute Gasteiger partial charge is 0.366 e. The monoisotopic (exact) mass is 327 g/mol. The van der Waals surface area contributed by atoms with Crippen molar-refractivity contribution in [1.29, 1.82) is 0 Å². The molecule has 1 aliphatic rings. The van der Waals surface area contributed by atoms with E-state index in [4.69, 9.17) is 11.6 Å². The van der Waals surface area contributed by atoms with Gasteiger partial charge in [0.15, 0.2) is 0 Å². The Labute approximate surface area is 130 Å². The van der Waals surface area contributed by atoms with Crippen LogP contribution in [0.1, 0.15) is 35.2 Å². The van der Waals surface area contributed by atoms with Gasteiger partial charge in [-0.25, -0.2) is 23.1 Å². The second kappa shape index (κ2) is 6.12. The molecule has 3 rings (SSSR count). The van der Waals surface area contributed by atoms with Gasteiger partial charge in [0.25, 0.3) is 6.43 Å². The average molecular weight is 328 g/mol. The van der Waals surface area contributed by atoms with Gasteiger partial charge in [0, 0.05) is 17.7 Å². The van der Waals surface area contributed by atoms with Gasteiger partial charge >= 0.3 is 0 Å². The van der Waals surface area contributed by atoms with Gasteiger partial charge in [0.05, 0.1) is 11.3 Å². The summed E-state index contributed by atoms with van der Waals surface area (Å²) in [5, 5.41) is 3.12. The Hall–Kier alpha value is -1.82. The lowest BCUT2D eigenvalue weighted by atomic mass is 10.1. The van der Waals surface area contributed by atoms with E-state index in [1.165, 1.54) is 12.1 Å². The van der Waals surface area contributed by atoms with E-state index in [0.717, 1.165) is 36.6 Å². The number of benzene rings is 1. The van der Waals surface area contributed by atoms with Crippen molar-refractivity contribution in [2.24, 2.45) is 0 Å². The Bertz CT molecular complexity index is 707. The van der Waals surface area contributed by atoms with E-state index in [-0.39, 0.29) is 17.4 Å². The average Bonchev–Trinajstić information content (AvgIpc) is 2.93. The fraction of sp³-hybridized carbons (Fsp3) is 0.333. The molecule has 0 atom stereocenters. The van der Waals surface area contributed by atoms with E-state index >= 15 is 0 Å². The van der Waals surface area contributed by atoms with Crippen LogP contribution in [0.5, 0.6) is 0 Å². The van der Waals surface area contributed by atoms with Crippen molar-refractivity contribution in [3.63, 3.8) is 0 Å². The first kappa shape index (κ1) is 15.1. The first-order valence-corrected chi connectivity index (χ1v) is 7.28. The van der Waals surface area contributed by atoms with E-state index in [9.17, 15) is 13.2 Å². The summed E-state index contributed by atoms with van der Waals surface area (Å²) >= 11 is 5.87. The quantitative estimate of drug-likeness (QED) is 0.850. The molecule has 7 heteroatoms. The molecular weight excluding hydrogens is 315 g/mol. The van der Waals surface area contributed by atoms with Crippen LogP contribution in [0.4, 0.5) is 19.0 Å². The second-order valence-corrected chi connectivity index (χ2v) is 5.43. The van der Waals surface area contributed by atoms with E-state index in [1.54, 1.807) is 0 Å². The Morgan fingerprint density at radius 1 is 1.23 bits per heavy atom. The molecule has 1 aromatic carbocycles. The molecule has 0 saturated heterocycles. The Morgan fingerprint density at radius 3 is 2.82 bits per heavy atom. The molecule has 0 saturated carbocycles. The van der Waals surface area contributed by atoms with Crippen LogP contribution < -0.4 is 5.32 Å². The zero-order valence-electron chi connectivity index (χ0n) is 11.5. The molecule has 0 spiro atoms. The fourth-order valence-electron chi connectivity index (χ4n) is 2.63. The molecule has 1 aliphatic carbocycles. The zero-order chi connectivity index (χ0) is 15.7. The standard InChI is InChI=1S/C15H13ClF3N3/c16-15-21-11-6-2-4-9(11)14(22-15)20-7-8-3-1-5-10(12(8)17)13(18)19/h1,3,5,13H,2,4,6-7H2,(H,20,21,22). The predicted octanol–water partition coefficient (Wildman–Crippen LogP) is 4.31. The summed E-state index contributed by atoms with van der Waals surface area (Å²) in [6.45, 7) is 0.0617. The van der Waals surface area contributed by atoms with Crippen LogP contribution in [-0.2, 0) is 19.4 Å². The molecule has 2 aromatic rings. The lowest BCUT2D eigenvalue weighted by Crippen LogP contribution is -2.08. The maximum atomic E-state index is 14.0. The number of anilines is 1. The molecule has 1 heterocycles. The summed E-state index contributed by atoms with van der Waals surface area (Å²) in [7, 11) is 0. The van der Waals surface area contributed by atoms with Crippen molar-refractivity contribution in [2.75, 3.05) is 5.32 Å². The summed E-state index contributed by atoms with van der Waals surface area (Å²) in [5.74, 6) is -0.337. The molecule has 0 fully saturated rings. The summed E-state index contributed by atoms with van der Waals surface area (Å²) in [5.41, 5.74) is 1.43. The van der Waals surface area contributed by atoms with Crippen LogP contribution >= 0.6 is 11.6 Å². The van der Waals surface area contributed by atoms with Crippen molar-refractivity contribution in [3.05, 3.63) is 51.7 Å². The molecule has 0 bridgehead atoms. The van der Waals surface area contributed by atoms with Crippen molar-refractivity contribution in [1.82, 2.24) is 9.97 Å². The number of halogens is 4. The van der Waals surface area contributed by atoms with Crippen LogP contribution in [-0.4, -0.2) is 9.97 Å². The lowest BCUT2D eigenvalue weighted by molar-refractivity contribution is 0.146. The minimum Gasteiger partial charge on any atom is -0.366 e. The van der Waals surface area contributed by atoms with E-state index in [0.29, 0.717) is 5.82 Å². The molecule has 0 aliphatic heterocycles. The molecule has 1 N–H and O–H groups in total. The highest BCUT2D eigenvalue weighted by atomic mass is 35.5. The summed E-state index contributed by atoms with van der Waals surface area (Å²) < 4.78 is 39.4. The van der Waals surface area contributed by atoms with Gasteiger partial charge in [-0.2, -0.15) is 0 Å². The number of alkyl halides is 2. The van der Waals surface area contributed by atoms with Crippen LogP contribution in [0.3, 0.4) is 0 Å². The van der Waals surface area contributed by atoms with Gasteiger partial charge in [-0.3, -0.25) is 0 Å². The maximum Gasteiger partial charge on any atom is 0.266 e. The molecule has 116 valence electrons. The highest BCUT2D eigenvalue weighted by Crippen LogP contribution is 2.29. The summed E-state index contributed by atoms with van der Waals surface area (Å²) in [6.07, 6.45) is -0.206. The molecule has 0 amide bonds. The number of hydrogen-bond donors (Lipinski definition) is 1. The topological polar surface area (TPSA) is 37.8 Å². The first-order chi connectivity index (χ1) is 10.6. The van der Waals surface area contributed by atoms with E-state index < -0.39 is 17.8 Å². The fourth-order valence-corrected chi connectivity index (χ4v) is 2.82. The number of hydrogen-bond acceptors (Lipinski definition) is 3. The highest BCUT2D eigenvalue weighted by molar-refractivity contribution is 6.28. The summed E-state index contributed by atoms with van der Waals surface area (Å²) in [6, 6.07) is 3.97. The molecule has 0 radical (unpaired) electrons. The Kier molecular flexibility index (Phi) is 4.20. The van der Waals surface area contributed by atoms with Crippen molar-refractivity contribution >= 4 is 17.4 Å². The summed E-state index contributed by atoms with van der Waals surface area (Å²) in [4.78, 5) is 8.28. The third-order valence-electron chi connectivity index (χ3n) is 3.70. The van der Waals surface area contributed by atoms with Crippen molar-refractivity contribution in [3.8, 4) is 0 Å². The Balaban J connectivity index is 1.83. The highest BCUT2D eigenvalue weighted by Gasteiger charge is 2.20. The first-order valence-electron chi connectivity index (χ1n) is 6.91. The smallest absolute Gasteiger partial charge is 0.266 e. The number of rotatable bonds is 4. The van der Waals surface area contributed by atoms with E-state index in [2.05, 4.69) is 15.3 Å². The number of nitrogens with one attached hydrogen (secondary N) is 1. The predicted molar refractivity (Wildman–Crippen MR) is 77.8 cm³/mol. The van der Waals surface area contributed by atoms with Gasteiger partial charge < -0.3 is 5.32 Å². The third kappa shape index (κ3) is 2.88. The number of aryl methyl sites for hydroxylation is 1. The Morgan fingerprint density at radius 2 is 2.05 bits per heavy atom.